The summed E-state index contributed by atoms with van der Waals surface area (Å²) in [6, 6.07) is 10.1. The van der Waals surface area contributed by atoms with Gasteiger partial charge in [-0.25, -0.2) is 4.98 Å². The van der Waals surface area contributed by atoms with Gasteiger partial charge in [0.25, 0.3) is 0 Å². The van der Waals surface area contributed by atoms with Crippen molar-refractivity contribution in [3.63, 3.8) is 0 Å². The van der Waals surface area contributed by atoms with Crippen molar-refractivity contribution in [1.82, 2.24) is 10.3 Å². The van der Waals surface area contributed by atoms with Crippen LogP contribution < -0.4 is 10.1 Å². The van der Waals surface area contributed by atoms with Crippen molar-refractivity contribution >= 4 is 0 Å². The largest absolute Gasteiger partial charge is 0.438 e. The minimum atomic E-state index is 0.696. The first-order valence-electron chi connectivity index (χ1n) is 6.47. The Labute approximate surface area is 114 Å². The van der Waals surface area contributed by atoms with Crippen molar-refractivity contribution in [3.8, 4) is 11.6 Å². The molecule has 3 heteroatoms. The number of hydrogen-bond acceptors (Lipinski definition) is 3. The molecule has 0 aliphatic heterocycles. The van der Waals surface area contributed by atoms with Gasteiger partial charge in [-0.15, -0.1) is 0 Å². The van der Waals surface area contributed by atoms with Gasteiger partial charge in [-0.2, -0.15) is 0 Å². The van der Waals surface area contributed by atoms with E-state index in [0.717, 1.165) is 29.1 Å². The lowest BCUT2D eigenvalue weighted by Gasteiger charge is -2.14. The molecule has 0 amide bonds. The van der Waals surface area contributed by atoms with Crippen LogP contribution in [0.5, 0.6) is 11.6 Å². The van der Waals surface area contributed by atoms with Crippen molar-refractivity contribution in [1.29, 1.82) is 0 Å². The molecule has 0 aliphatic carbocycles. The third-order valence-electron chi connectivity index (χ3n) is 3.09. The summed E-state index contributed by atoms with van der Waals surface area (Å²) in [5.74, 6) is 1.55. The maximum atomic E-state index is 6.00. The van der Waals surface area contributed by atoms with Crippen molar-refractivity contribution in [2.24, 2.45) is 0 Å². The quantitative estimate of drug-likeness (QED) is 0.908. The van der Waals surface area contributed by atoms with E-state index >= 15 is 0 Å². The summed E-state index contributed by atoms with van der Waals surface area (Å²) in [5, 5.41) is 3.17. The number of benzene rings is 1. The van der Waals surface area contributed by atoms with Gasteiger partial charge >= 0.3 is 0 Å². The second kappa shape index (κ2) is 5.85. The van der Waals surface area contributed by atoms with Crippen molar-refractivity contribution in [2.75, 3.05) is 7.05 Å². The summed E-state index contributed by atoms with van der Waals surface area (Å²) < 4.78 is 6.00. The number of rotatable bonds is 4. The molecule has 0 saturated heterocycles. The zero-order chi connectivity index (χ0) is 13.8. The molecule has 0 unspecified atom stereocenters. The maximum absolute atomic E-state index is 6.00. The average Bonchev–Trinajstić information content (AvgIpc) is 2.36. The molecule has 0 bridgehead atoms. The molecule has 100 valence electrons. The molecule has 1 heterocycles. The van der Waals surface area contributed by atoms with Crippen LogP contribution in [-0.4, -0.2) is 12.0 Å². The Hall–Kier alpha value is -1.87. The lowest BCUT2D eigenvalue weighted by molar-refractivity contribution is 0.449. The first-order valence-corrected chi connectivity index (χ1v) is 6.47. The fraction of sp³-hybridized carbons (Fsp3) is 0.312. The highest BCUT2D eigenvalue weighted by molar-refractivity contribution is 5.41. The van der Waals surface area contributed by atoms with Crippen molar-refractivity contribution in [2.45, 2.75) is 27.3 Å². The Morgan fingerprint density at radius 3 is 2.53 bits per heavy atom. The molecule has 1 aromatic carbocycles. The van der Waals surface area contributed by atoms with E-state index in [1.54, 1.807) is 0 Å². The molecule has 2 rings (SSSR count). The van der Waals surface area contributed by atoms with Gasteiger partial charge in [-0.3, -0.25) is 0 Å². The molecular weight excluding hydrogens is 236 g/mol. The van der Waals surface area contributed by atoms with Gasteiger partial charge < -0.3 is 10.1 Å². The minimum Gasteiger partial charge on any atom is -0.438 e. The number of nitrogens with zero attached hydrogens (tertiary/aromatic N) is 1. The number of pyridine rings is 1. The van der Waals surface area contributed by atoms with Crippen molar-refractivity contribution in [3.05, 3.63) is 52.7 Å². The van der Waals surface area contributed by atoms with Crippen LogP contribution in [0, 0.1) is 20.8 Å². The smallest absolute Gasteiger partial charge is 0.224 e. The van der Waals surface area contributed by atoms with Crippen LogP contribution in [0.4, 0.5) is 0 Å². The zero-order valence-corrected chi connectivity index (χ0v) is 11.9. The summed E-state index contributed by atoms with van der Waals surface area (Å²) >= 11 is 0. The SMILES string of the molecule is CNCc1c(C)cc(C)nc1Oc1ccccc1C. The number of para-hydroxylation sites is 1. The topological polar surface area (TPSA) is 34.2 Å². The lowest BCUT2D eigenvalue weighted by atomic mass is 10.1. The fourth-order valence-electron chi connectivity index (χ4n) is 2.08. The van der Waals surface area contributed by atoms with E-state index < -0.39 is 0 Å². The van der Waals surface area contributed by atoms with Crippen LogP contribution >= 0.6 is 0 Å². The Bertz CT molecular complexity index is 579. The van der Waals surface area contributed by atoms with Gasteiger partial charge in [0.1, 0.15) is 5.75 Å². The number of nitrogens with one attached hydrogen (secondary N) is 1. The minimum absolute atomic E-state index is 0.696. The van der Waals surface area contributed by atoms with E-state index in [9.17, 15) is 0 Å². The molecule has 1 aromatic heterocycles. The van der Waals surface area contributed by atoms with E-state index in [-0.39, 0.29) is 0 Å². The van der Waals surface area contributed by atoms with E-state index in [1.165, 1.54) is 5.56 Å². The first kappa shape index (κ1) is 13.6. The van der Waals surface area contributed by atoms with Gasteiger partial charge in [-0.1, -0.05) is 18.2 Å². The van der Waals surface area contributed by atoms with Gasteiger partial charge in [0.2, 0.25) is 5.88 Å². The van der Waals surface area contributed by atoms with E-state index in [1.807, 2.05) is 45.2 Å². The van der Waals surface area contributed by atoms with Gasteiger partial charge in [0.15, 0.2) is 0 Å². The highest BCUT2D eigenvalue weighted by atomic mass is 16.5. The lowest BCUT2D eigenvalue weighted by Crippen LogP contribution is -2.10. The number of aromatic nitrogens is 1. The summed E-state index contributed by atoms with van der Waals surface area (Å²) in [4.78, 5) is 4.53. The summed E-state index contributed by atoms with van der Waals surface area (Å²) in [6.07, 6.45) is 0. The molecule has 0 atom stereocenters. The van der Waals surface area contributed by atoms with E-state index in [0.29, 0.717) is 5.88 Å². The van der Waals surface area contributed by atoms with E-state index in [2.05, 4.69) is 23.3 Å². The molecular formula is C16H20N2O. The van der Waals surface area contributed by atoms with Crippen LogP contribution in [0.1, 0.15) is 22.4 Å². The third kappa shape index (κ3) is 3.12. The normalized spacial score (nSPS) is 10.5. The molecule has 0 aliphatic rings. The molecule has 0 spiro atoms. The van der Waals surface area contributed by atoms with Gasteiger partial charge in [0, 0.05) is 17.8 Å². The molecule has 3 nitrogen and oxygen atoms in total. The summed E-state index contributed by atoms with van der Waals surface area (Å²) in [6.45, 7) is 6.86. The molecule has 2 aromatic rings. The van der Waals surface area contributed by atoms with Crippen molar-refractivity contribution < 1.29 is 4.74 Å². The van der Waals surface area contributed by atoms with Gasteiger partial charge in [-0.05, 0) is 51.1 Å². The van der Waals surface area contributed by atoms with Crippen LogP contribution in [0.3, 0.4) is 0 Å². The molecule has 0 saturated carbocycles. The third-order valence-corrected chi connectivity index (χ3v) is 3.09. The van der Waals surface area contributed by atoms with Crippen LogP contribution in [0.25, 0.3) is 0 Å². The second-order valence-corrected chi connectivity index (χ2v) is 4.76. The Morgan fingerprint density at radius 1 is 1.11 bits per heavy atom. The second-order valence-electron chi connectivity index (χ2n) is 4.76. The average molecular weight is 256 g/mol. The standard InChI is InChI=1S/C16H20N2O/c1-11-7-5-6-8-15(11)19-16-14(10-17-4)12(2)9-13(3)18-16/h5-9,17H,10H2,1-4H3. The predicted molar refractivity (Wildman–Crippen MR) is 77.7 cm³/mol. The zero-order valence-electron chi connectivity index (χ0n) is 11.9. The number of hydrogen-bond donors (Lipinski definition) is 1. The molecule has 19 heavy (non-hydrogen) atoms. The summed E-state index contributed by atoms with van der Waals surface area (Å²) in [7, 11) is 1.93. The van der Waals surface area contributed by atoms with Crippen LogP contribution in [-0.2, 0) is 6.54 Å². The number of aryl methyl sites for hydroxylation is 3. The monoisotopic (exact) mass is 256 g/mol. The number of ether oxygens (including phenoxy) is 1. The Morgan fingerprint density at radius 2 is 1.84 bits per heavy atom. The Kier molecular flexibility index (Phi) is 4.17. The molecule has 0 fully saturated rings. The molecule has 0 radical (unpaired) electrons. The summed E-state index contributed by atoms with van der Waals surface area (Å²) in [5.41, 5.74) is 4.39. The van der Waals surface area contributed by atoms with E-state index in [4.69, 9.17) is 4.74 Å². The fourth-order valence-corrected chi connectivity index (χ4v) is 2.08. The predicted octanol–water partition coefficient (Wildman–Crippen LogP) is 3.52. The Balaban J connectivity index is 2.41. The van der Waals surface area contributed by atoms with Crippen LogP contribution in [0.2, 0.25) is 0 Å². The van der Waals surface area contributed by atoms with Gasteiger partial charge in [0.05, 0.1) is 0 Å². The van der Waals surface area contributed by atoms with Crippen LogP contribution in [0.15, 0.2) is 30.3 Å². The molecule has 1 N–H and O–H groups in total. The highest BCUT2D eigenvalue weighted by Gasteiger charge is 2.11. The first-order chi connectivity index (χ1) is 9.11. The highest BCUT2D eigenvalue weighted by Crippen LogP contribution is 2.28. The maximum Gasteiger partial charge on any atom is 0.224 e.